The number of nitrogens with one attached hydrogen (secondary N) is 1. The number of benzene rings is 2. The third-order valence-corrected chi connectivity index (χ3v) is 6.33. The van der Waals surface area contributed by atoms with Crippen LogP contribution in [0.25, 0.3) is 0 Å². The van der Waals surface area contributed by atoms with Crippen molar-refractivity contribution in [1.82, 2.24) is 5.32 Å². The van der Waals surface area contributed by atoms with E-state index in [1.54, 1.807) is 0 Å². The lowest BCUT2D eigenvalue weighted by Crippen LogP contribution is -2.45. The van der Waals surface area contributed by atoms with Gasteiger partial charge >= 0.3 is 0 Å². The highest BCUT2D eigenvalue weighted by Crippen LogP contribution is 2.34. The van der Waals surface area contributed by atoms with E-state index in [4.69, 9.17) is 4.74 Å². The molecule has 1 fully saturated rings. The van der Waals surface area contributed by atoms with Crippen LogP contribution < -0.4 is 10.1 Å². The molecule has 2 aromatic carbocycles. The smallest absolute Gasteiger partial charge is 0.222 e. The molecule has 0 radical (unpaired) electrons. The molecule has 2 unspecified atom stereocenters. The Morgan fingerprint density at radius 2 is 1.78 bits per heavy atom. The van der Waals surface area contributed by atoms with Crippen LogP contribution in [0.3, 0.4) is 0 Å². The van der Waals surface area contributed by atoms with Crippen LogP contribution in [-0.2, 0) is 11.4 Å². The fraction of sp³-hybridized carbons (Fsp3) is 0.435. The van der Waals surface area contributed by atoms with Gasteiger partial charge in [-0.05, 0) is 42.7 Å². The Morgan fingerprint density at radius 1 is 1.07 bits per heavy atom. The Balaban J connectivity index is 1.55. The topological polar surface area (TPSA) is 38.3 Å². The summed E-state index contributed by atoms with van der Waals surface area (Å²) >= 11 is 1.88. The van der Waals surface area contributed by atoms with E-state index in [1.807, 2.05) is 55.9 Å². The number of rotatable bonds is 7. The summed E-state index contributed by atoms with van der Waals surface area (Å²) in [4.78, 5) is 13.3. The highest BCUT2D eigenvalue weighted by atomic mass is 32.2. The zero-order chi connectivity index (χ0) is 19.1. The largest absolute Gasteiger partial charge is 0.489 e. The van der Waals surface area contributed by atoms with Gasteiger partial charge < -0.3 is 10.1 Å². The van der Waals surface area contributed by atoms with Gasteiger partial charge in [0.2, 0.25) is 5.91 Å². The molecule has 1 aliphatic carbocycles. The van der Waals surface area contributed by atoms with E-state index < -0.39 is 0 Å². The SMILES string of the molecule is CC(C)C(=O)NC1CCCCC1Sc1ccc(OCc2ccccc2)cc1. The molecule has 0 heterocycles. The van der Waals surface area contributed by atoms with Crippen molar-refractivity contribution in [2.75, 3.05) is 0 Å². The molecule has 0 bridgehead atoms. The molecule has 1 N–H and O–H groups in total. The Kier molecular flexibility index (Phi) is 7.22. The number of hydrogen-bond acceptors (Lipinski definition) is 3. The molecule has 1 saturated carbocycles. The lowest BCUT2D eigenvalue weighted by atomic mass is 9.94. The summed E-state index contributed by atoms with van der Waals surface area (Å²) in [6, 6.07) is 18.8. The first kappa shape index (κ1) is 19.8. The predicted molar refractivity (Wildman–Crippen MR) is 112 cm³/mol. The average Bonchev–Trinajstić information content (AvgIpc) is 2.69. The van der Waals surface area contributed by atoms with Gasteiger partial charge in [0, 0.05) is 22.1 Å². The van der Waals surface area contributed by atoms with Crippen LogP contribution in [0, 0.1) is 5.92 Å². The summed E-state index contributed by atoms with van der Waals surface area (Å²) < 4.78 is 5.87. The lowest BCUT2D eigenvalue weighted by molar-refractivity contribution is -0.124. The normalized spacial score (nSPS) is 19.7. The Morgan fingerprint density at radius 3 is 2.48 bits per heavy atom. The van der Waals surface area contributed by atoms with Crippen LogP contribution in [0.5, 0.6) is 5.75 Å². The highest BCUT2D eigenvalue weighted by Gasteiger charge is 2.27. The summed E-state index contributed by atoms with van der Waals surface area (Å²) in [7, 11) is 0. The molecule has 4 heteroatoms. The van der Waals surface area contributed by atoms with Gasteiger partial charge in [-0.2, -0.15) is 0 Å². The summed E-state index contributed by atoms with van der Waals surface area (Å²) in [5.41, 5.74) is 1.17. The molecule has 0 aliphatic heterocycles. The van der Waals surface area contributed by atoms with Crippen LogP contribution in [0.2, 0.25) is 0 Å². The predicted octanol–water partition coefficient (Wildman–Crippen LogP) is 5.44. The molecule has 3 nitrogen and oxygen atoms in total. The van der Waals surface area contributed by atoms with Crippen LogP contribution in [0.1, 0.15) is 45.1 Å². The second kappa shape index (κ2) is 9.84. The van der Waals surface area contributed by atoms with Gasteiger partial charge in [0.05, 0.1) is 0 Å². The maximum Gasteiger partial charge on any atom is 0.222 e. The van der Waals surface area contributed by atoms with Gasteiger partial charge in [0.15, 0.2) is 0 Å². The maximum atomic E-state index is 12.1. The number of amides is 1. The standard InChI is InChI=1S/C23H29NO2S/c1-17(2)23(25)24-21-10-6-7-11-22(21)27-20-14-12-19(13-15-20)26-16-18-8-4-3-5-9-18/h3-5,8-9,12-15,17,21-22H,6-7,10-11,16H2,1-2H3,(H,24,25). The Bertz CT molecular complexity index is 715. The van der Waals surface area contributed by atoms with Gasteiger partial charge in [0.25, 0.3) is 0 Å². The van der Waals surface area contributed by atoms with E-state index in [-0.39, 0.29) is 17.9 Å². The van der Waals surface area contributed by atoms with Gasteiger partial charge in [0.1, 0.15) is 12.4 Å². The third kappa shape index (κ3) is 6.03. The van der Waals surface area contributed by atoms with E-state index in [2.05, 4.69) is 29.6 Å². The van der Waals surface area contributed by atoms with E-state index in [9.17, 15) is 4.79 Å². The van der Waals surface area contributed by atoms with Crippen LogP contribution >= 0.6 is 11.8 Å². The van der Waals surface area contributed by atoms with Crippen molar-refractivity contribution >= 4 is 17.7 Å². The van der Waals surface area contributed by atoms with E-state index in [0.29, 0.717) is 11.9 Å². The number of hydrogen-bond donors (Lipinski definition) is 1. The molecule has 3 rings (SSSR count). The fourth-order valence-corrected chi connectivity index (χ4v) is 4.58. The minimum absolute atomic E-state index is 0.0404. The van der Waals surface area contributed by atoms with Crippen molar-refractivity contribution in [1.29, 1.82) is 0 Å². The summed E-state index contributed by atoms with van der Waals surface area (Å²) in [6.07, 6.45) is 4.67. The first-order valence-corrected chi connectivity index (χ1v) is 10.7. The summed E-state index contributed by atoms with van der Waals surface area (Å²) in [6.45, 7) is 4.49. The molecule has 1 amide bonds. The van der Waals surface area contributed by atoms with E-state index in [0.717, 1.165) is 18.6 Å². The zero-order valence-electron chi connectivity index (χ0n) is 16.2. The first-order valence-electron chi connectivity index (χ1n) is 9.85. The third-order valence-electron chi connectivity index (χ3n) is 4.91. The highest BCUT2D eigenvalue weighted by molar-refractivity contribution is 8.00. The van der Waals surface area contributed by atoms with Crippen molar-refractivity contribution in [3.63, 3.8) is 0 Å². The molecule has 0 saturated heterocycles. The van der Waals surface area contributed by atoms with Crippen molar-refractivity contribution in [3.8, 4) is 5.75 Å². The van der Waals surface area contributed by atoms with Gasteiger partial charge in [-0.3, -0.25) is 4.79 Å². The van der Waals surface area contributed by atoms with Crippen molar-refractivity contribution in [2.24, 2.45) is 5.92 Å². The lowest BCUT2D eigenvalue weighted by Gasteiger charge is -2.32. The molecule has 27 heavy (non-hydrogen) atoms. The van der Waals surface area contributed by atoms with Crippen LogP contribution in [0.4, 0.5) is 0 Å². The fourth-order valence-electron chi connectivity index (χ4n) is 3.28. The summed E-state index contributed by atoms with van der Waals surface area (Å²) in [5.74, 6) is 1.09. The average molecular weight is 384 g/mol. The van der Waals surface area contributed by atoms with Gasteiger partial charge in [-0.15, -0.1) is 11.8 Å². The monoisotopic (exact) mass is 383 g/mol. The van der Waals surface area contributed by atoms with Crippen molar-refractivity contribution in [2.45, 2.75) is 62.3 Å². The van der Waals surface area contributed by atoms with Crippen LogP contribution in [-0.4, -0.2) is 17.2 Å². The number of carbonyl (C=O) groups is 1. The molecule has 2 atom stereocenters. The number of carbonyl (C=O) groups excluding carboxylic acids is 1. The zero-order valence-corrected chi connectivity index (χ0v) is 17.0. The Labute approximate surface area is 166 Å². The first-order chi connectivity index (χ1) is 13.1. The number of ether oxygens (including phenoxy) is 1. The second-order valence-electron chi connectivity index (χ2n) is 7.46. The van der Waals surface area contributed by atoms with Crippen molar-refractivity contribution in [3.05, 3.63) is 60.2 Å². The molecule has 0 spiro atoms. The minimum Gasteiger partial charge on any atom is -0.489 e. The number of thioether (sulfide) groups is 1. The van der Waals surface area contributed by atoms with Gasteiger partial charge in [-0.1, -0.05) is 57.0 Å². The quantitative estimate of drug-likeness (QED) is 0.692. The minimum atomic E-state index is 0.0404. The van der Waals surface area contributed by atoms with Crippen LogP contribution in [0.15, 0.2) is 59.5 Å². The van der Waals surface area contributed by atoms with Crippen molar-refractivity contribution < 1.29 is 9.53 Å². The molecule has 2 aromatic rings. The van der Waals surface area contributed by atoms with E-state index in [1.165, 1.54) is 23.3 Å². The van der Waals surface area contributed by atoms with Gasteiger partial charge in [-0.25, -0.2) is 0 Å². The second-order valence-corrected chi connectivity index (χ2v) is 8.77. The molecular weight excluding hydrogens is 354 g/mol. The Hall–Kier alpha value is -1.94. The molecule has 144 valence electrons. The molecule has 1 aliphatic rings. The maximum absolute atomic E-state index is 12.1. The summed E-state index contributed by atoms with van der Waals surface area (Å²) in [5, 5.41) is 3.70. The molecular formula is C23H29NO2S. The van der Waals surface area contributed by atoms with E-state index >= 15 is 0 Å². The molecule has 0 aromatic heterocycles.